The van der Waals surface area contributed by atoms with Gasteiger partial charge in [-0.05, 0) is 25.3 Å². The van der Waals surface area contributed by atoms with Crippen molar-refractivity contribution in [1.82, 2.24) is 4.90 Å². The lowest BCUT2D eigenvalue weighted by Gasteiger charge is -2.34. The van der Waals surface area contributed by atoms with Crippen LogP contribution in [0.15, 0.2) is 0 Å². The van der Waals surface area contributed by atoms with E-state index in [0.717, 1.165) is 12.8 Å². The van der Waals surface area contributed by atoms with Gasteiger partial charge in [-0.1, -0.05) is 6.92 Å². The summed E-state index contributed by atoms with van der Waals surface area (Å²) in [4.78, 5) is 1.21. The maximum Gasteiger partial charge on any atom is 0.401 e. The maximum absolute atomic E-state index is 12.3. The Morgan fingerprint density at radius 3 is 2.31 bits per heavy atom. The van der Waals surface area contributed by atoms with Crippen LogP contribution in [0.25, 0.3) is 0 Å². The predicted molar refractivity (Wildman–Crippen MR) is 54.9 cm³/mol. The zero-order valence-electron chi connectivity index (χ0n) is 9.37. The number of alkyl halides is 3. The Morgan fingerprint density at radius 1 is 1.44 bits per heavy atom. The zero-order valence-corrected chi connectivity index (χ0v) is 9.37. The third-order valence-corrected chi connectivity index (χ3v) is 3.06. The first-order valence-corrected chi connectivity index (χ1v) is 5.56. The molecular weight excluding hydrogens is 221 g/mol. The van der Waals surface area contributed by atoms with E-state index in [1.807, 2.05) is 0 Å². The van der Waals surface area contributed by atoms with Crippen molar-refractivity contribution in [3.63, 3.8) is 0 Å². The lowest BCUT2D eigenvalue weighted by Crippen LogP contribution is -2.53. The average Bonchev–Trinajstić information content (AvgIpc) is 2.98. The van der Waals surface area contributed by atoms with Gasteiger partial charge >= 0.3 is 6.18 Å². The van der Waals surface area contributed by atoms with Crippen LogP contribution in [0.4, 0.5) is 13.2 Å². The highest BCUT2D eigenvalue weighted by molar-refractivity contribution is 4.93. The molecule has 0 aromatic rings. The third-order valence-electron chi connectivity index (χ3n) is 3.06. The normalized spacial score (nSPS) is 21.2. The SMILES string of the molecule is CCN(CC(F)(F)F)C(CO)C(N)C1CC1. The van der Waals surface area contributed by atoms with Gasteiger partial charge in [0.05, 0.1) is 13.2 Å². The van der Waals surface area contributed by atoms with Gasteiger partial charge in [-0.25, -0.2) is 0 Å². The Kier molecular flexibility index (Phi) is 4.58. The van der Waals surface area contributed by atoms with Gasteiger partial charge in [0.25, 0.3) is 0 Å². The summed E-state index contributed by atoms with van der Waals surface area (Å²) in [7, 11) is 0. The number of nitrogens with zero attached hydrogens (tertiary/aromatic N) is 1. The molecule has 0 bridgehead atoms. The number of nitrogens with two attached hydrogens (primary N) is 1. The van der Waals surface area contributed by atoms with Crippen molar-refractivity contribution in [2.45, 2.75) is 38.0 Å². The molecule has 6 heteroatoms. The quantitative estimate of drug-likeness (QED) is 0.727. The van der Waals surface area contributed by atoms with Gasteiger partial charge in [0.15, 0.2) is 0 Å². The van der Waals surface area contributed by atoms with Crippen LogP contribution in [-0.4, -0.2) is 48.0 Å². The fraction of sp³-hybridized carbons (Fsp3) is 1.00. The summed E-state index contributed by atoms with van der Waals surface area (Å²) in [5.41, 5.74) is 5.86. The summed E-state index contributed by atoms with van der Waals surface area (Å²) >= 11 is 0. The largest absolute Gasteiger partial charge is 0.401 e. The van der Waals surface area contributed by atoms with E-state index in [0.29, 0.717) is 0 Å². The highest BCUT2D eigenvalue weighted by Crippen LogP contribution is 2.34. The van der Waals surface area contributed by atoms with E-state index in [1.54, 1.807) is 6.92 Å². The number of halogens is 3. The van der Waals surface area contributed by atoms with Crippen LogP contribution >= 0.6 is 0 Å². The molecule has 0 heterocycles. The maximum atomic E-state index is 12.3. The molecule has 96 valence electrons. The van der Waals surface area contributed by atoms with Crippen molar-refractivity contribution >= 4 is 0 Å². The summed E-state index contributed by atoms with van der Waals surface area (Å²) in [6.45, 7) is 0.565. The lowest BCUT2D eigenvalue weighted by molar-refractivity contribution is -0.153. The van der Waals surface area contributed by atoms with Gasteiger partial charge in [0, 0.05) is 12.1 Å². The van der Waals surface area contributed by atoms with Gasteiger partial charge in [0.2, 0.25) is 0 Å². The molecule has 0 aliphatic heterocycles. The Labute approximate surface area is 93.4 Å². The van der Waals surface area contributed by atoms with Gasteiger partial charge < -0.3 is 10.8 Å². The monoisotopic (exact) mass is 240 g/mol. The zero-order chi connectivity index (χ0) is 12.3. The van der Waals surface area contributed by atoms with Gasteiger partial charge in [-0.15, -0.1) is 0 Å². The minimum absolute atomic E-state index is 0.241. The number of aliphatic hydroxyl groups is 1. The number of hydrogen-bond donors (Lipinski definition) is 2. The molecule has 1 aliphatic rings. The van der Waals surface area contributed by atoms with Crippen molar-refractivity contribution in [1.29, 1.82) is 0 Å². The van der Waals surface area contributed by atoms with E-state index in [9.17, 15) is 18.3 Å². The van der Waals surface area contributed by atoms with Gasteiger partial charge in [-0.2, -0.15) is 13.2 Å². The molecule has 3 N–H and O–H groups in total. The van der Waals surface area contributed by atoms with Crippen LogP contribution in [0.3, 0.4) is 0 Å². The van der Waals surface area contributed by atoms with Crippen LogP contribution in [0, 0.1) is 5.92 Å². The van der Waals surface area contributed by atoms with E-state index in [-0.39, 0.29) is 25.1 Å². The molecule has 2 atom stereocenters. The molecule has 1 fully saturated rings. The molecule has 0 saturated heterocycles. The van der Waals surface area contributed by atoms with E-state index < -0.39 is 18.8 Å². The summed E-state index contributed by atoms with van der Waals surface area (Å²) in [5, 5.41) is 9.18. The Morgan fingerprint density at radius 2 is 2.00 bits per heavy atom. The minimum atomic E-state index is -4.24. The Bertz CT molecular complexity index is 219. The Hall–Kier alpha value is -0.330. The molecule has 1 saturated carbocycles. The van der Waals surface area contributed by atoms with Crippen LogP contribution < -0.4 is 5.73 Å². The summed E-state index contributed by atoms with van der Waals surface area (Å²) in [5.74, 6) is 0.277. The third kappa shape index (κ3) is 3.92. The molecule has 3 nitrogen and oxygen atoms in total. The highest BCUT2D eigenvalue weighted by atomic mass is 19.4. The second kappa shape index (κ2) is 5.33. The summed E-state index contributed by atoms with van der Waals surface area (Å²) < 4.78 is 36.9. The standard InChI is InChI=1S/C10H19F3N2O/c1-2-15(6-10(11,12)13)8(5-16)9(14)7-3-4-7/h7-9,16H,2-6,14H2,1H3. The molecule has 1 rings (SSSR count). The smallest absolute Gasteiger partial charge is 0.395 e. The topological polar surface area (TPSA) is 49.5 Å². The molecule has 1 aliphatic carbocycles. The van der Waals surface area contributed by atoms with E-state index >= 15 is 0 Å². The number of rotatable bonds is 6. The molecular formula is C10H19F3N2O. The molecule has 0 radical (unpaired) electrons. The second-order valence-electron chi connectivity index (χ2n) is 4.34. The van der Waals surface area contributed by atoms with Crippen molar-refractivity contribution < 1.29 is 18.3 Å². The number of likely N-dealkylation sites (N-methyl/N-ethyl adjacent to an activating group) is 1. The van der Waals surface area contributed by atoms with E-state index in [4.69, 9.17) is 5.73 Å². The molecule has 0 amide bonds. The lowest BCUT2D eigenvalue weighted by atomic mass is 10.0. The van der Waals surface area contributed by atoms with Crippen LogP contribution in [0.2, 0.25) is 0 Å². The van der Waals surface area contributed by atoms with Gasteiger partial charge in [-0.3, -0.25) is 4.90 Å². The van der Waals surface area contributed by atoms with E-state index in [1.165, 1.54) is 4.90 Å². The first-order chi connectivity index (χ1) is 7.39. The molecule has 16 heavy (non-hydrogen) atoms. The fourth-order valence-corrected chi connectivity index (χ4v) is 1.97. The van der Waals surface area contributed by atoms with Crippen molar-refractivity contribution in [3.8, 4) is 0 Å². The van der Waals surface area contributed by atoms with Crippen molar-refractivity contribution in [3.05, 3.63) is 0 Å². The second-order valence-corrected chi connectivity index (χ2v) is 4.34. The minimum Gasteiger partial charge on any atom is -0.395 e. The fourth-order valence-electron chi connectivity index (χ4n) is 1.97. The number of hydrogen-bond acceptors (Lipinski definition) is 3. The summed E-state index contributed by atoms with van der Waals surface area (Å²) in [6, 6.07) is -0.938. The first-order valence-electron chi connectivity index (χ1n) is 5.56. The van der Waals surface area contributed by atoms with Gasteiger partial charge in [0.1, 0.15) is 0 Å². The predicted octanol–water partition coefficient (Wildman–Crippen LogP) is 0.969. The summed E-state index contributed by atoms with van der Waals surface area (Å²) in [6.07, 6.45) is -2.32. The van der Waals surface area contributed by atoms with E-state index in [2.05, 4.69) is 0 Å². The van der Waals surface area contributed by atoms with Crippen molar-refractivity contribution in [2.75, 3.05) is 19.7 Å². The molecule has 0 aromatic heterocycles. The van der Waals surface area contributed by atoms with Crippen molar-refractivity contribution in [2.24, 2.45) is 11.7 Å². The highest BCUT2D eigenvalue weighted by Gasteiger charge is 2.39. The molecule has 2 unspecified atom stereocenters. The Balaban J connectivity index is 2.59. The number of aliphatic hydroxyl groups excluding tert-OH is 1. The van der Waals surface area contributed by atoms with Crippen LogP contribution in [0.1, 0.15) is 19.8 Å². The van der Waals surface area contributed by atoms with Crippen LogP contribution in [0.5, 0.6) is 0 Å². The first kappa shape index (κ1) is 13.7. The molecule has 0 spiro atoms. The average molecular weight is 240 g/mol. The molecule has 0 aromatic carbocycles. The van der Waals surface area contributed by atoms with Crippen LogP contribution in [-0.2, 0) is 0 Å².